The number of nitrogens with one attached hydrogen (secondary N) is 2. The van der Waals surface area contributed by atoms with Gasteiger partial charge in [0.25, 0.3) is 0 Å². The molecule has 0 saturated heterocycles. The molecule has 5 heteroatoms. The van der Waals surface area contributed by atoms with E-state index in [1.165, 1.54) is 0 Å². The minimum absolute atomic E-state index is 0.0535. The first-order valence-electron chi connectivity index (χ1n) is 6.16. The van der Waals surface area contributed by atoms with Crippen molar-refractivity contribution in [3.8, 4) is 0 Å². The smallest absolute Gasteiger partial charge is 0.303 e. The van der Waals surface area contributed by atoms with Crippen LogP contribution in [0.4, 0.5) is 0 Å². The van der Waals surface area contributed by atoms with Crippen LogP contribution in [-0.2, 0) is 16.0 Å². The molecule has 1 heterocycles. The van der Waals surface area contributed by atoms with Crippen molar-refractivity contribution >= 4 is 23.3 Å². The number of aliphatic carboxylic acids is 1. The van der Waals surface area contributed by atoms with Crippen LogP contribution in [0.25, 0.3) is 10.9 Å². The number of carboxylic acids is 1. The highest BCUT2D eigenvalue weighted by atomic mass is 16.4. The fourth-order valence-electron chi connectivity index (χ4n) is 2.15. The maximum Gasteiger partial charge on any atom is 0.303 e. The van der Waals surface area contributed by atoms with Gasteiger partial charge in [0.2, 0.25) is 6.41 Å². The maximum absolute atomic E-state index is 10.6. The Hall–Kier alpha value is -2.30. The molecule has 0 aliphatic carbocycles. The van der Waals surface area contributed by atoms with Gasteiger partial charge in [-0.25, -0.2) is 0 Å². The molecule has 0 saturated carbocycles. The Balaban J connectivity index is 2.06. The third-order valence-corrected chi connectivity index (χ3v) is 3.11. The predicted molar refractivity (Wildman–Crippen MR) is 71.9 cm³/mol. The number of fused-ring (bicyclic) bond motifs is 1. The van der Waals surface area contributed by atoms with Crippen LogP contribution >= 0.6 is 0 Å². The quantitative estimate of drug-likeness (QED) is 0.662. The number of hydrogen-bond donors (Lipinski definition) is 3. The molecule has 1 amide bonds. The van der Waals surface area contributed by atoms with Crippen LogP contribution in [0.5, 0.6) is 0 Å². The first-order valence-corrected chi connectivity index (χ1v) is 6.16. The average Bonchev–Trinajstić information content (AvgIpc) is 2.83. The highest BCUT2D eigenvalue weighted by molar-refractivity contribution is 5.79. The summed E-state index contributed by atoms with van der Waals surface area (Å²) in [6.07, 6.45) is 3.62. The van der Waals surface area contributed by atoms with Crippen LogP contribution in [0.15, 0.2) is 30.5 Å². The topological polar surface area (TPSA) is 82.2 Å². The molecule has 2 aromatic rings. The molecule has 1 aromatic carbocycles. The second kappa shape index (κ2) is 6.04. The van der Waals surface area contributed by atoms with Crippen molar-refractivity contribution in [2.24, 2.45) is 0 Å². The third-order valence-electron chi connectivity index (χ3n) is 3.11. The maximum atomic E-state index is 10.6. The number of aromatic amines is 1. The van der Waals surface area contributed by atoms with E-state index in [4.69, 9.17) is 5.11 Å². The van der Waals surface area contributed by atoms with E-state index in [1.54, 1.807) is 0 Å². The first kappa shape index (κ1) is 13.1. The molecule has 1 unspecified atom stereocenters. The second-order valence-corrected chi connectivity index (χ2v) is 4.52. The van der Waals surface area contributed by atoms with Crippen molar-refractivity contribution in [2.75, 3.05) is 0 Å². The van der Waals surface area contributed by atoms with E-state index >= 15 is 0 Å². The van der Waals surface area contributed by atoms with Crippen LogP contribution in [0.2, 0.25) is 0 Å². The van der Waals surface area contributed by atoms with Gasteiger partial charge in [0, 0.05) is 24.2 Å². The van der Waals surface area contributed by atoms with Gasteiger partial charge in [0.15, 0.2) is 0 Å². The molecular formula is C14H16N2O3. The third kappa shape index (κ3) is 3.58. The van der Waals surface area contributed by atoms with Crippen LogP contribution in [0.1, 0.15) is 18.4 Å². The van der Waals surface area contributed by atoms with E-state index in [0.29, 0.717) is 19.3 Å². The molecular weight excluding hydrogens is 244 g/mol. The van der Waals surface area contributed by atoms with Crippen molar-refractivity contribution in [3.63, 3.8) is 0 Å². The van der Waals surface area contributed by atoms with Gasteiger partial charge in [-0.1, -0.05) is 6.07 Å². The Morgan fingerprint density at radius 2 is 2.26 bits per heavy atom. The Morgan fingerprint density at radius 1 is 1.42 bits per heavy atom. The van der Waals surface area contributed by atoms with Gasteiger partial charge >= 0.3 is 5.97 Å². The average molecular weight is 260 g/mol. The van der Waals surface area contributed by atoms with Gasteiger partial charge in [0.1, 0.15) is 0 Å². The van der Waals surface area contributed by atoms with Gasteiger partial charge in [0.05, 0.1) is 0 Å². The SMILES string of the molecule is O=CNC(CCC(=O)O)Cc1ccc2[nH]ccc2c1. The van der Waals surface area contributed by atoms with E-state index < -0.39 is 5.97 Å². The lowest BCUT2D eigenvalue weighted by molar-refractivity contribution is -0.137. The monoisotopic (exact) mass is 260 g/mol. The summed E-state index contributed by atoms with van der Waals surface area (Å²) in [5.41, 5.74) is 2.14. The van der Waals surface area contributed by atoms with Crippen LogP contribution in [0.3, 0.4) is 0 Å². The molecule has 1 atom stereocenters. The van der Waals surface area contributed by atoms with Gasteiger partial charge in [-0.2, -0.15) is 0 Å². The van der Waals surface area contributed by atoms with E-state index in [1.807, 2.05) is 30.5 Å². The highest BCUT2D eigenvalue weighted by Gasteiger charge is 2.11. The summed E-state index contributed by atoms with van der Waals surface area (Å²) in [6, 6.07) is 7.86. The summed E-state index contributed by atoms with van der Waals surface area (Å²) in [7, 11) is 0. The van der Waals surface area contributed by atoms with Crippen molar-refractivity contribution in [1.29, 1.82) is 0 Å². The summed E-state index contributed by atoms with van der Waals surface area (Å²) in [4.78, 5) is 24.3. The molecule has 0 fully saturated rings. The summed E-state index contributed by atoms with van der Waals surface area (Å²) in [5.74, 6) is -0.848. The Morgan fingerprint density at radius 3 is 3.00 bits per heavy atom. The number of aromatic nitrogens is 1. The van der Waals surface area contributed by atoms with Crippen molar-refractivity contribution in [2.45, 2.75) is 25.3 Å². The standard InChI is InChI=1S/C14H16N2O3/c17-9-16-12(2-4-14(18)19)8-10-1-3-13-11(7-10)5-6-15-13/h1,3,5-7,9,12,15H,2,4,8H2,(H,16,17)(H,18,19). The van der Waals surface area contributed by atoms with Gasteiger partial charge < -0.3 is 15.4 Å². The summed E-state index contributed by atoms with van der Waals surface area (Å²) in [5, 5.41) is 12.5. The fourth-order valence-corrected chi connectivity index (χ4v) is 2.15. The second-order valence-electron chi connectivity index (χ2n) is 4.52. The summed E-state index contributed by atoms with van der Waals surface area (Å²) in [6.45, 7) is 0. The number of carboxylic acid groups (broad SMARTS) is 1. The van der Waals surface area contributed by atoms with E-state index in [9.17, 15) is 9.59 Å². The zero-order valence-corrected chi connectivity index (χ0v) is 10.4. The predicted octanol–water partition coefficient (Wildman–Crippen LogP) is 1.69. The number of H-pyrrole nitrogens is 1. The van der Waals surface area contributed by atoms with Gasteiger partial charge in [-0.3, -0.25) is 9.59 Å². The molecule has 5 nitrogen and oxygen atoms in total. The number of benzene rings is 1. The molecule has 0 bridgehead atoms. The minimum atomic E-state index is -0.848. The summed E-state index contributed by atoms with van der Waals surface area (Å²) < 4.78 is 0. The van der Waals surface area contributed by atoms with Crippen molar-refractivity contribution in [3.05, 3.63) is 36.0 Å². The lowest BCUT2D eigenvalue weighted by Crippen LogP contribution is -2.30. The lowest BCUT2D eigenvalue weighted by atomic mass is 10.0. The molecule has 3 N–H and O–H groups in total. The lowest BCUT2D eigenvalue weighted by Gasteiger charge is -2.15. The number of carbonyl (C=O) groups is 2. The molecule has 2 rings (SSSR count). The van der Waals surface area contributed by atoms with Crippen molar-refractivity contribution < 1.29 is 14.7 Å². The molecule has 0 spiro atoms. The van der Waals surface area contributed by atoms with E-state index in [0.717, 1.165) is 16.5 Å². The van der Waals surface area contributed by atoms with Crippen molar-refractivity contribution in [1.82, 2.24) is 10.3 Å². The van der Waals surface area contributed by atoms with E-state index in [2.05, 4.69) is 10.3 Å². The molecule has 0 aliphatic rings. The van der Waals surface area contributed by atoms with Gasteiger partial charge in [-0.05, 0) is 42.0 Å². The minimum Gasteiger partial charge on any atom is -0.481 e. The van der Waals surface area contributed by atoms with Crippen LogP contribution in [0, 0.1) is 0 Å². The normalized spacial score (nSPS) is 12.2. The van der Waals surface area contributed by atoms with Gasteiger partial charge in [-0.15, -0.1) is 0 Å². The first-order chi connectivity index (χ1) is 9.19. The van der Waals surface area contributed by atoms with Crippen LogP contribution in [-0.4, -0.2) is 28.5 Å². The molecule has 1 aromatic heterocycles. The molecule has 100 valence electrons. The number of carbonyl (C=O) groups excluding carboxylic acids is 1. The largest absolute Gasteiger partial charge is 0.481 e. The molecule has 0 aliphatic heterocycles. The number of hydrogen-bond acceptors (Lipinski definition) is 2. The number of amides is 1. The Labute approximate surface area is 110 Å². The Kier molecular flexibility index (Phi) is 4.18. The number of rotatable bonds is 7. The van der Waals surface area contributed by atoms with Crippen LogP contribution < -0.4 is 5.32 Å². The van der Waals surface area contributed by atoms with E-state index in [-0.39, 0.29) is 12.5 Å². The Bertz CT molecular complexity index is 577. The highest BCUT2D eigenvalue weighted by Crippen LogP contribution is 2.16. The summed E-state index contributed by atoms with van der Waals surface area (Å²) >= 11 is 0. The zero-order chi connectivity index (χ0) is 13.7. The molecule has 19 heavy (non-hydrogen) atoms. The zero-order valence-electron chi connectivity index (χ0n) is 10.4. The molecule has 0 radical (unpaired) electrons. The fraction of sp³-hybridized carbons (Fsp3) is 0.286.